The third kappa shape index (κ3) is 3.36. The molecule has 2 aromatic carbocycles. The number of amides is 2. The molecule has 0 unspecified atom stereocenters. The summed E-state index contributed by atoms with van der Waals surface area (Å²) in [6, 6.07) is 16.1. The lowest BCUT2D eigenvalue weighted by Crippen LogP contribution is -2.62. The van der Waals surface area contributed by atoms with Gasteiger partial charge in [0.2, 0.25) is 11.8 Å². The van der Waals surface area contributed by atoms with E-state index in [9.17, 15) is 9.59 Å². The van der Waals surface area contributed by atoms with Crippen molar-refractivity contribution in [2.75, 3.05) is 20.8 Å². The van der Waals surface area contributed by atoms with Crippen molar-refractivity contribution in [3.05, 3.63) is 83.4 Å². The molecule has 6 rings (SSSR count). The number of hydrogen-bond acceptors (Lipinski definition) is 5. The van der Waals surface area contributed by atoms with Crippen LogP contribution in [0.5, 0.6) is 11.5 Å². The Morgan fingerprint density at radius 2 is 1.91 bits per heavy atom. The molecule has 0 aliphatic carbocycles. The van der Waals surface area contributed by atoms with Crippen LogP contribution in [0.1, 0.15) is 28.6 Å². The van der Waals surface area contributed by atoms with E-state index in [2.05, 4.69) is 11.1 Å². The lowest BCUT2D eigenvalue weighted by molar-refractivity contribution is -0.159. The van der Waals surface area contributed by atoms with E-state index in [4.69, 9.17) is 13.9 Å². The molecule has 35 heavy (non-hydrogen) atoms. The topological polar surface area (TPSA) is 88.0 Å². The molecule has 2 aromatic heterocycles. The maximum absolute atomic E-state index is 13.8. The number of furan rings is 1. The first-order chi connectivity index (χ1) is 17.1. The summed E-state index contributed by atoms with van der Waals surface area (Å²) in [7, 11) is 3.19. The van der Waals surface area contributed by atoms with Gasteiger partial charge in [-0.3, -0.25) is 9.59 Å². The molecule has 8 nitrogen and oxygen atoms in total. The molecule has 0 saturated carbocycles. The fourth-order valence-corrected chi connectivity index (χ4v) is 5.42. The standard InChI is InChI=1S/C27H25N3O5/c1-33-16-9-10-19(23(12-16)34-2)26-25-20(18-7-3-4-8-21(18)28-25)13-22-27(32)29(15-24(31)30(22)26)14-17-6-5-11-35-17/h3-12,22,26,28H,13-15H2,1-2H3/t22-,26+/m0/s1. The van der Waals surface area contributed by atoms with E-state index in [-0.39, 0.29) is 24.9 Å². The normalized spacial score (nSPS) is 19.6. The lowest BCUT2D eigenvalue weighted by Gasteiger charge is -2.47. The van der Waals surface area contributed by atoms with Gasteiger partial charge >= 0.3 is 0 Å². The van der Waals surface area contributed by atoms with Crippen LogP contribution in [0.3, 0.4) is 0 Å². The van der Waals surface area contributed by atoms with Crippen LogP contribution in [-0.2, 0) is 22.6 Å². The second-order valence-electron chi connectivity index (χ2n) is 8.87. The number of para-hydroxylation sites is 1. The molecule has 0 radical (unpaired) electrons. The maximum atomic E-state index is 13.8. The molecule has 2 atom stereocenters. The first kappa shape index (κ1) is 21.3. The second kappa shape index (κ2) is 8.23. The van der Waals surface area contributed by atoms with Gasteiger partial charge in [0.15, 0.2) is 0 Å². The molecule has 8 heteroatoms. The van der Waals surface area contributed by atoms with Crippen LogP contribution in [0.2, 0.25) is 0 Å². The number of benzene rings is 2. The number of piperazine rings is 1. The number of carbonyl (C=O) groups is 2. The van der Waals surface area contributed by atoms with Gasteiger partial charge in [-0.1, -0.05) is 18.2 Å². The molecule has 0 spiro atoms. The van der Waals surface area contributed by atoms with E-state index < -0.39 is 12.1 Å². The molecular formula is C27H25N3O5. The van der Waals surface area contributed by atoms with Crippen molar-refractivity contribution >= 4 is 22.7 Å². The predicted octanol–water partition coefficient (Wildman–Crippen LogP) is 3.66. The Morgan fingerprint density at radius 1 is 1.06 bits per heavy atom. The highest BCUT2D eigenvalue weighted by Gasteiger charge is 2.49. The summed E-state index contributed by atoms with van der Waals surface area (Å²) in [6.07, 6.45) is 2.01. The number of hydrogen-bond donors (Lipinski definition) is 1. The van der Waals surface area contributed by atoms with Crippen molar-refractivity contribution < 1.29 is 23.5 Å². The molecule has 1 saturated heterocycles. The van der Waals surface area contributed by atoms with Gasteiger partial charge in [-0.2, -0.15) is 0 Å². The van der Waals surface area contributed by atoms with Gasteiger partial charge in [-0.25, -0.2) is 0 Å². The van der Waals surface area contributed by atoms with Gasteiger partial charge in [-0.05, 0) is 35.9 Å². The first-order valence-corrected chi connectivity index (χ1v) is 11.5. The summed E-state index contributed by atoms with van der Waals surface area (Å²) in [4.78, 5) is 34.3. The van der Waals surface area contributed by atoms with Crippen LogP contribution in [-0.4, -0.2) is 53.4 Å². The van der Waals surface area contributed by atoms with Crippen molar-refractivity contribution in [3.63, 3.8) is 0 Å². The highest BCUT2D eigenvalue weighted by Crippen LogP contribution is 2.45. The first-order valence-electron chi connectivity index (χ1n) is 11.5. The molecule has 4 aromatic rings. The summed E-state index contributed by atoms with van der Waals surface area (Å²) in [5.41, 5.74) is 3.73. The summed E-state index contributed by atoms with van der Waals surface area (Å²) in [5.74, 6) is 1.69. The molecule has 2 aliphatic heterocycles. The quantitative estimate of drug-likeness (QED) is 0.480. The van der Waals surface area contributed by atoms with E-state index >= 15 is 0 Å². The van der Waals surface area contributed by atoms with Crippen LogP contribution >= 0.6 is 0 Å². The Bertz CT molecular complexity index is 1420. The van der Waals surface area contributed by atoms with Crippen molar-refractivity contribution in [3.8, 4) is 11.5 Å². The predicted molar refractivity (Wildman–Crippen MR) is 128 cm³/mol. The van der Waals surface area contributed by atoms with Gasteiger partial charge in [0, 0.05) is 34.6 Å². The number of ether oxygens (including phenoxy) is 2. The largest absolute Gasteiger partial charge is 0.497 e. The number of rotatable bonds is 5. The van der Waals surface area contributed by atoms with Gasteiger partial charge in [0.1, 0.15) is 35.9 Å². The number of H-pyrrole nitrogens is 1. The second-order valence-corrected chi connectivity index (χ2v) is 8.87. The minimum atomic E-state index is -0.630. The number of fused-ring (bicyclic) bond motifs is 4. The maximum Gasteiger partial charge on any atom is 0.246 e. The number of nitrogens with zero attached hydrogens (tertiary/aromatic N) is 2. The summed E-state index contributed by atoms with van der Waals surface area (Å²) in [6.45, 7) is 0.250. The van der Waals surface area contributed by atoms with Gasteiger partial charge < -0.3 is 28.7 Å². The Labute approximate surface area is 202 Å². The fraction of sp³-hybridized carbons (Fsp3) is 0.259. The van der Waals surface area contributed by atoms with E-state index in [0.29, 0.717) is 23.7 Å². The van der Waals surface area contributed by atoms with Gasteiger partial charge in [0.05, 0.1) is 27.0 Å². The summed E-state index contributed by atoms with van der Waals surface area (Å²) >= 11 is 0. The van der Waals surface area contributed by atoms with Crippen molar-refractivity contribution in [1.82, 2.24) is 14.8 Å². The van der Waals surface area contributed by atoms with Crippen LogP contribution < -0.4 is 9.47 Å². The number of nitrogens with one attached hydrogen (secondary N) is 1. The Balaban J connectivity index is 1.51. The zero-order valence-corrected chi connectivity index (χ0v) is 19.5. The molecular weight excluding hydrogens is 446 g/mol. The highest BCUT2D eigenvalue weighted by atomic mass is 16.5. The Morgan fingerprint density at radius 3 is 2.69 bits per heavy atom. The van der Waals surface area contributed by atoms with E-state index in [0.717, 1.165) is 27.7 Å². The number of aromatic nitrogens is 1. The van der Waals surface area contributed by atoms with Crippen molar-refractivity contribution in [1.29, 1.82) is 0 Å². The Kier molecular flexibility index (Phi) is 5.02. The Hall–Kier alpha value is -4.20. The molecule has 178 valence electrons. The average molecular weight is 472 g/mol. The number of aromatic amines is 1. The number of carbonyl (C=O) groups excluding carboxylic acids is 2. The smallest absolute Gasteiger partial charge is 0.246 e. The number of methoxy groups -OCH3 is 2. The van der Waals surface area contributed by atoms with E-state index in [1.165, 1.54) is 0 Å². The zero-order chi connectivity index (χ0) is 24.1. The summed E-state index contributed by atoms with van der Waals surface area (Å²) in [5, 5.41) is 1.06. The monoisotopic (exact) mass is 471 g/mol. The molecule has 2 amide bonds. The highest BCUT2D eigenvalue weighted by molar-refractivity contribution is 5.97. The minimum Gasteiger partial charge on any atom is -0.497 e. The molecule has 1 fully saturated rings. The van der Waals surface area contributed by atoms with Gasteiger partial charge in [0.25, 0.3) is 0 Å². The summed E-state index contributed by atoms with van der Waals surface area (Å²) < 4.78 is 16.6. The molecule has 0 bridgehead atoms. The minimum absolute atomic E-state index is 0.0133. The molecule has 2 aliphatic rings. The van der Waals surface area contributed by atoms with Crippen molar-refractivity contribution in [2.45, 2.75) is 25.0 Å². The SMILES string of the molecule is COc1ccc([C@@H]2c3[nH]c4ccccc4c3C[C@H]3C(=O)N(Cc4ccco4)CC(=O)N23)c(OC)c1. The molecule has 1 N–H and O–H groups in total. The van der Waals surface area contributed by atoms with Crippen molar-refractivity contribution in [2.24, 2.45) is 0 Å². The fourth-order valence-electron chi connectivity index (χ4n) is 5.42. The average Bonchev–Trinajstić information content (AvgIpc) is 3.53. The van der Waals surface area contributed by atoms with E-state index in [1.807, 2.05) is 36.4 Å². The van der Waals surface area contributed by atoms with Crippen LogP contribution in [0.15, 0.2) is 65.3 Å². The van der Waals surface area contributed by atoms with E-state index in [1.54, 1.807) is 42.4 Å². The van der Waals surface area contributed by atoms with Crippen LogP contribution in [0.4, 0.5) is 0 Å². The van der Waals surface area contributed by atoms with Crippen LogP contribution in [0, 0.1) is 0 Å². The third-order valence-electron chi connectivity index (χ3n) is 7.00. The molecule has 4 heterocycles. The third-order valence-corrected chi connectivity index (χ3v) is 7.00. The van der Waals surface area contributed by atoms with Crippen LogP contribution in [0.25, 0.3) is 10.9 Å². The lowest BCUT2D eigenvalue weighted by atomic mass is 9.85. The van der Waals surface area contributed by atoms with Gasteiger partial charge in [-0.15, -0.1) is 0 Å². The zero-order valence-electron chi connectivity index (χ0n) is 19.5.